The lowest BCUT2D eigenvalue weighted by molar-refractivity contribution is 0.122. The molecule has 0 atom stereocenters. The smallest absolute Gasteiger partial charge is 0.0544 e. The van der Waals surface area contributed by atoms with Crippen LogP contribution < -0.4 is 5.73 Å². The maximum absolute atomic E-state index is 5.59. The van der Waals surface area contributed by atoms with Crippen molar-refractivity contribution >= 4 is 0 Å². The number of aromatic nitrogens is 1. The molecule has 1 aliphatic carbocycles. The van der Waals surface area contributed by atoms with Crippen LogP contribution in [0.4, 0.5) is 0 Å². The highest BCUT2D eigenvalue weighted by Gasteiger charge is 2.28. The van der Waals surface area contributed by atoms with Gasteiger partial charge in [0, 0.05) is 25.3 Å². The van der Waals surface area contributed by atoms with Gasteiger partial charge in [0.25, 0.3) is 0 Å². The minimum atomic E-state index is 0.540. The molecule has 0 aliphatic heterocycles. The fourth-order valence-electron chi connectivity index (χ4n) is 2.88. The summed E-state index contributed by atoms with van der Waals surface area (Å²) in [6.45, 7) is 6.28. The molecule has 3 heteroatoms. The van der Waals surface area contributed by atoms with Crippen molar-refractivity contribution in [3.63, 3.8) is 0 Å². The van der Waals surface area contributed by atoms with Gasteiger partial charge in [-0.1, -0.05) is 19.9 Å². The highest BCUT2D eigenvalue weighted by molar-refractivity contribution is 5.13. The number of rotatable bonds is 4. The van der Waals surface area contributed by atoms with Crippen LogP contribution in [0.25, 0.3) is 0 Å². The predicted octanol–water partition coefficient (Wildman–Crippen LogP) is 2.94. The zero-order valence-corrected chi connectivity index (χ0v) is 12.5. The second-order valence-corrected chi connectivity index (χ2v) is 6.67. The first-order chi connectivity index (χ1) is 9.00. The second kappa shape index (κ2) is 6.02. The lowest BCUT2D eigenvalue weighted by Crippen LogP contribution is -2.36. The second-order valence-electron chi connectivity index (χ2n) is 6.67. The van der Waals surface area contributed by atoms with E-state index in [1.165, 1.54) is 25.7 Å². The fraction of sp³-hybridized carbons (Fsp3) is 0.688. The molecule has 3 nitrogen and oxygen atoms in total. The van der Waals surface area contributed by atoms with Gasteiger partial charge in [-0.3, -0.25) is 9.88 Å². The highest BCUT2D eigenvalue weighted by atomic mass is 15.1. The van der Waals surface area contributed by atoms with Crippen LogP contribution in [0.2, 0.25) is 0 Å². The summed E-state index contributed by atoms with van der Waals surface area (Å²) in [5.74, 6) is 0. The van der Waals surface area contributed by atoms with Gasteiger partial charge in [-0.05, 0) is 49.8 Å². The molecular formula is C16H27N3. The number of nitrogens with two attached hydrogens (primary N) is 1. The van der Waals surface area contributed by atoms with Crippen molar-refractivity contribution in [2.75, 3.05) is 7.05 Å². The van der Waals surface area contributed by atoms with Crippen molar-refractivity contribution < 1.29 is 0 Å². The molecule has 0 radical (unpaired) electrons. The minimum absolute atomic E-state index is 0.540. The van der Waals surface area contributed by atoms with Crippen LogP contribution in [0.5, 0.6) is 0 Å². The third kappa shape index (κ3) is 4.02. The van der Waals surface area contributed by atoms with E-state index in [9.17, 15) is 0 Å². The van der Waals surface area contributed by atoms with Gasteiger partial charge in [-0.25, -0.2) is 0 Å². The van der Waals surface area contributed by atoms with Gasteiger partial charge in [0.05, 0.1) is 5.69 Å². The monoisotopic (exact) mass is 261 g/mol. The number of hydrogen-bond donors (Lipinski definition) is 1. The van der Waals surface area contributed by atoms with Crippen LogP contribution in [-0.4, -0.2) is 23.0 Å². The lowest BCUT2D eigenvalue weighted by Gasteiger charge is -2.38. The van der Waals surface area contributed by atoms with E-state index >= 15 is 0 Å². The van der Waals surface area contributed by atoms with E-state index in [1.807, 2.05) is 6.20 Å². The SMILES string of the molecule is CN(Cc1ccc(CN)cn1)C1CCC(C)(C)CC1. The molecule has 0 amide bonds. The van der Waals surface area contributed by atoms with Gasteiger partial charge in [0.2, 0.25) is 0 Å². The number of pyridine rings is 1. The molecule has 2 rings (SSSR count). The first kappa shape index (κ1) is 14.5. The van der Waals surface area contributed by atoms with Crippen LogP contribution in [0, 0.1) is 5.41 Å². The Morgan fingerprint density at radius 3 is 2.53 bits per heavy atom. The molecule has 0 saturated heterocycles. The first-order valence-electron chi connectivity index (χ1n) is 7.34. The average Bonchev–Trinajstić information content (AvgIpc) is 2.39. The van der Waals surface area contributed by atoms with Crippen molar-refractivity contribution in [1.82, 2.24) is 9.88 Å². The summed E-state index contributed by atoms with van der Waals surface area (Å²) in [5, 5.41) is 0. The van der Waals surface area contributed by atoms with E-state index in [0.29, 0.717) is 18.0 Å². The summed E-state index contributed by atoms with van der Waals surface area (Å²) in [4.78, 5) is 6.95. The van der Waals surface area contributed by atoms with Gasteiger partial charge < -0.3 is 5.73 Å². The van der Waals surface area contributed by atoms with Crippen LogP contribution in [0.15, 0.2) is 18.3 Å². The summed E-state index contributed by atoms with van der Waals surface area (Å²) < 4.78 is 0. The topological polar surface area (TPSA) is 42.1 Å². The average molecular weight is 261 g/mol. The Morgan fingerprint density at radius 2 is 2.00 bits per heavy atom. The molecule has 0 aromatic carbocycles. The Morgan fingerprint density at radius 1 is 1.32 bits per heavy atom. The number of nitrogens with zero attached hydrogens (tertiary/aromatic N) is 2. The molecule has 19 heavy (non-hydrogen) atoms. The van der Waals surface area contributed by atoms with Gasteiger partial charge in [0.1, 0.15) is 0 Å². The van der Waals surface area contributed by atoms with Crippen molar-refractivity contribution in [1.29, 1.82) is 0 Å². The summed E-state index contributed by atoms with van der Waals surface area (Å²) >= 11 is 0. The maximum Gasteiger partial charge on any atom is 0.0544 e. The first-order valence-corrected chi connectivity index (χ1v) is 7.34. The molecule has 0 unspecified atom stereocenters. The quantitative estimate of drug-likeness (QED) is 0.906. The molecule has 1 fully saturated rings. The molecule has 1 heterocycles. The highest BCUT2D eigenvalue weighted by Crippen LogP contribution is 2.36. The number of hydrogen-bond acceptors (Lipinski definition) is 3. The molecule has 2 N–H and O–H groups in total. The Balaban J connectivity index is 1.88. The lowest BCUT2D eigenvalue weighted by atomic mass is 9.75. The molecule has 106 valence electrons. The molecule has 1 saturated carbocycles. The Bertz CT molecular complexity index is 387. The van der Waals surface area contributed by atoms with E-state index in [1.54, 1.807) is 0 Å². The van der Waals surface area contributed by atoms with Crippen molar-refractivity contribution in [3.05, 3.63) is 29.6 Å². The summed E-state index contributed by atoms with van der Waals surface area (Å²) in [5.41, 5.74) is 8.38. The molecule has 0 spiro atoms. The Hall–Kier alpha value is -0.930. The molecule has 0 bridgehead atoms. The van der Waals surface area contributed by atoms with E-state index in [0.717, 1.165) is 17.8 Å². The van der Waals surface area contributed by atoms with Gasteiger partial charge >= 0.3 is 0 Å². The van der Waals surface area contributed by atoms with Crippen molar-refractivity contribution in [3.8, 4) is 0 Å². The summed E-state index contributed by atoms with van der Waals surface area (Å²) in [6.07, 6.45) is 7.19. The fourth-order valence-corrected chi connectivity index (χ4v) is 2.88. The summed E-state index contributed by atoms with van der Waals surface area (Å²) in [6, 6.07) is 4.90. The molecule has 1 aromatic rings. The third-order valence-corrected chi connectivity index (χ3v) is 4.47. The zero-order chi connectivity index (χ0) is 13.9. The van der Waals surface area contributed by atoms with Crippen LogP contribution >= 0.6 is 0 Å². The molecule has 1 aliphatic rings. The largest absolute Gasteiger partial charge is 0.326 e. The molecular weight excluding hydrogens is 234 g/mol. The standard InChI is InChI=1S/C16H27N3/c1-16(2)8-6-15(7-9-16)19(3)12-14-5-4-13(10-17)11-18-14/h4-5,11,15H,6-10,12,17H2,1-3H3. The summed E-state index contributed by atoms with van der Waals surface area (Å²) in [7, 11) is 2.22. The van der Waals surface area contributed by atoms with Crippen LogP contribution in [-0.2, 0) is 13.1 Å². The van der Waals surface area contributed by atoms with Crippen LogP contribution in [0.1, 0.15) is 50.8 Å². The third-order valence-electron chi connectivity index (χ3n) is 4.47. The predicted molar refractivity (Wildman–Crippen MR) is 79.6 cm³/mol. The van der Waals surface area contributed by atoms with Crippen LogP contribution in [0.3, 0.4) is 0 Å². The van der Waals surface area contributed by atoms with Crippen molar-refractivity contribution in [2.24, 2.45) is 11.1 Å². The minimum Gasteiger partial charge on any atom is -0.326 e. The van der Waals surface area contributed by atoms with E-state index in [-0.39, 0.29) is 0 Å². The normalized spacial score (nSPS) is 19.8. The Labute approximate surface area is 117 Å². The maximum atomic E-state index is 5.59. The van der Waals surface area contributed by atoms with Gasteiger partial charge in [-0.15, -0.1) is 0 Å². The Kier molecular flexibility index (Phi) is 4.58. The van der Waals surface area contributed by atoms with E-state index < -0.39 is 0 Å². The zero-order valence-electron chi connectivity index (χ0n) is 12.5. The van der Waals surface area contributed by atoms with Crippen molar-refractivity contribution in [2.45, 2.75) is 58.7 Å². The van der Waals surface area contributed by atoms with Gasteiger partial charge in [0.15, 0.2) is 0 Å². The molecule has 1 aromatic heterocycles. The van der Waals surface area contributed by atoms with Gasteiger partial charge in [-0.2, -0.15) is 0 Å². The van der Waals surface area contributed by atoms with E-state index in [4.69, 9.17) is 5.73 Å². The van der Waals surface area contributed by atoms with E-state index in [2.05, 4.69) is 42.9 Å².